The number of fused-ring (bicyclic) bond motifs is 1. The average molecular weight is 245 g/mol. The van der Waals surface area contributed by atoms with Crippen LogP contribution in [0.4, 0.5) is 0 Å². The van der Waals surface area contributed by atoms with Gasteiger partial charge in [0.15, 0.2) is 0 Å². The van der Waals surface area contributed by atoms with Crippen LogP contribution in [0.1, 0.15) is 5.56 Å². The zero-order valence-electron chi connectivity index (χ0n) is 7.58. The first kappa shape index (κ1) is 10.1. The quantitative estimate of drug-likeness (QED) is 0.635. The van der Waals surface area contributed by atoms with Crippen molar-refractivity contribution in [1.82, 2.24) is 0 Å². The molecule has 1 aromatic carbocycles. The molecule has 74 valence electrons. The molecule has 0 atom stereocenters. The van der Waals surface area contributed by atoms with Crippen LogP contribution in [0.15, 0.2) is 22.4 Å². The number of phenolic OH excluding ortho intramolecular Hbond substituents is 1. The molecule has 2 rings (SSSR count). The van der Waals surface area contributed by atoms with Crippen LogP contribution < -0.4 is 0 Å². The summed E-state index contributed by atoms with van der Waals surface area (Å²) in [5.41, 5.74) is 0.796. The van der Waals surface area contributed by atoms with Crippen molar-refractivity contribution in [2.75, 3.05) is 6.26 Å². The Morgan fingerprint density at radius 3 is 2.86 bits per heavy atom. The summed E-state index contributed by atoms with van der Waals surface area (Å²) in [6.45, 7) is 0. The lowest BCUT2D eigenvalue weighted by molar-refractivity contribution is 0.471. The molecular weight excluding hydrogens is 236 g/mol. The lowest BCUT2D eigenvalue weighted by Crippen LogP contribution is -1.77. The third kappa shape index (κ3) is 1.72. The van der Waals surface area contributed by atoms with Gasteiger partial charge in [-0.15, -0.1) is 34.7 Å². The molecule has 1 heterocycles. The summed E-state index contributed by atoms with van der Waals surface area (Å²) in [5.74, 6) is 0.647. The first-order chi connectivity index (χ1) is 6.74. The molecule has 0 radical (unpaired) electrons. The number of benzene rings is 1. The molecule has 0 aliphatic carbocycles. The largest absolute Gasteiger partial charge is 0.508 e. The fraction of sp³-hybridized carbons (Fsp3) is 0.200. The Morgan fingerprint density at radius 2 is 2.21 bits per heavy atom. The molecule has 0 spiro atoms. The van der Waals surface area contributed by atoms with Crippen molar-refractivity contribution < 1.29 is 5.11 Å². The first-order valence-electron chi connectivity index (χ1n) is 4.10. The Bertz CT molecular complexity index is 464. The van der Waals surface area contributed by atoms with Crippen molar-refractivity contribution in [2.45, 2.75) is 10.1 Å². The van der Waals surface area contributed by atoms with Gasteiger partial charge in [0, 0.05) is 10.3 Å². The van der Waals surface area contributed by atoms with Crippen LogP contribution in [-0.4, -0.2) is 11.4 Å². The number of halogens is 1. The summed E-state index contributed by atoms with van der Waals surface area (Å²) in [6, 6.07) is 5.87. The third-order valence-electron chi connectivity index (χ3n) is 2.04. The highest BCUT2D eigenvalue weighted by atomic mass is 35.5. The zero-order chi connectivity index (χ0) is 10.1. The third-order valence-corrected chi connectivity index (χ3v) is 4.49. The highest BCUT2D eigenvalue weighted by Gasteiger charge is 2.06. The fourth-order valence-corrected chi connectivity index (χ4v) is 3.18. The second-order valence-corrected chi connectivity index (χ2v) is 5.38. The molecule has 1 N–H and O–H groups in total. The van der Waals surface area contributed by atoms with E-state index in [-0.39, 0.29) is 0 Å². The van der Waals surface area contributed by atoms with Gasteiger partial charge >= 0.3 is 0 Å². The lowest BCUT2D eigenvalue weighted by Gasteiger charge is -1.99. The Morgan fingerprint density at radius 1 is 1.43 bits per heavy atom. The second-order valence-electron chi connectivity index (χ2n) is 2.92. The highest BCUT2D eigenvalue weighted by Crippen LogP contribution is 2.35. The fourth-order valence-electron chi connectivity index (χ4n) is 1.31. The molecular formula is C10H9ClOS2. The van der Waals surface area contributed by atoms with E-state index in [1.165, 1.54) is 4.21 Å². The predicted octanol–water partition coefficient (Wildman–Crippen LogP) is 4.07. The summed E-state index contributed by atoms with van der Waals surface area (Å²) in [4.78, 5) is 0. The molecule has 1 nitrogen and oxygen atoms in total. The molecule has 0 bridgehead atoms. The van der Waals surface area contributed by atoms with E-state index in [1.54, 1.807) is 29.2 Å². The summed E-state index contributed by atoms with van der Waals surface area (Å²) >= 11 is 9.12. The Hall–Kier alpha value is -0.380. The van der Waals surface area contributed by atoms with E-state index < -0.39 is 0 Å². The Kier molecular flexibility index (Phi) is 2.91. The van der Waals surface area contributed by atoms with Gasteiger partial charge < -0.3 is 5.11 Å². The molecule has 4 heteroatoms. The average Bonchev–Trinajstić information content (AvgIpc) is 2.58. The van der Waals surface area contributed by atoms with Crippen LogP contribution in [0.25, 0.3) is 10.1 Å². The van der Waals surface area contributed by atoms with Gasteiger partial charge in [0.2, 0.25) is 0 Å². The van der Waals surface area contributed by atoms with E-state index in [0.717, 1.165) is 15.6 Å². The van der Waals surface area contributed by atoms with E-state index in [1.807, 2.05) is 12.3 Å². The van der Waals surface area contributed by atoms with Gasteiger partial charge in [0.25, 0.3) is 0 Å². The molecule has 1 aromatic heterocycles. The molecule has 0 fully saturated rings. The van der Waals surface area contributed by atoms with Gasteiger partial charge in [-0.25, -0.2) is 0 Å². The monoisotopic (exact) mass is 244 g/mol. The summed E-state index contributed by atoms with van der Waals surface area (Å²) in [7, 11) is 0. The second kappa shape index (κ2) is 4.01. The van der Waals surface area contributed by atoms with Crippen molar-refractivity contribution in [2.24, 2.45) is 0 Å². The van der Waals surface area contributed by atoms with E-state index in [0.29, 0.717) is 11.6 Å². The molecule has 0 amide bonds. The number of hydrogen-bond acceptors (Lipinski definition) is 3. The molecule has 0 saturated heterocycles. The number of thioether (sulfide) groups is 1. The highest BCUT2D eigenvalue weighted by molar-refractivity contribution is 8.00. The van der Waals surface area contributed by atoms with Crippen LogP contribution >= 0.6 is 34.7 Å². The summed E-state index contributed by atoms with van der Waals surface area (Å²) < 4.78 is 2.37. The van der Waals surface area contributed by atoms with Gasteiger partial charge in [-0.2, -0.15) is 0 Å². The van der Waals surface area contributed by atoms with Gasteiger partial charge in [0.1, 0.15) is 5.75 Å². The number of hydrogen-bond donors (Lipinski definition) is 1. The lowest BCUT2D eigenvalue weighted by atomic mass is 10.2. The summed E-state index contributed by atoms with van der Waals surface area (Å²) in [5, 5.41) is 10.8. The van der Waals surface area contributed by atoms with E-state index in [4.69, 9.17) is 11.6 Å². The van der Waals surface area contributed by atoms with Crippen LogP contribution in [-0.2, 0) is 5.88 Å². The van der Waals surface area contributed by atoms with Gasteiger partial charge in [0.05, 0.1) is 10.1 Å². The maximum atomic E-state index is 9.61. The molecule has 0 saturated carbocycles. The smallest absolute Gasteiger partial charge is 0.121 e. The molecule has 14 heavy (non-hydrogen) atoms. The van der Waals surface area contributed by atoms with Gasteiger partial charge in [-0.05, 0) is 29.8 Å². The maximum Gasteiger partial charge on any atom is 0.121 e. The predicted molar refractivity (Wildman–Crippen MR) is 64.8 cm³/mol. The molecule has 2 aromatic rings. The molecule has 0 aliphatic heterocycles. The van der Waals surface area contributed by atoms with Crippen molar-refractivity contribution in [3.8, 4) is 5.75 Å². The van der Waals surface area contributed by atoms with E-state index >= 15 is 0 Å². The summed E-state index contributed by atoms with van der Waals surface area (Å²) in [6.07, 6.45) is 2.05. The van der Waals surface area contributed by atoms with Gasteiger partial charge in [-0.1, -0.05) is 0 Å². The molecule has 0 unspecified atom stereocenters. The van der Waals surface area contributed by atoms with Crippen molar-refractivity contribution in [1.29, 1.82) is 0 Å². The minimum absolute atomic E-state index is 0.294. The number of thiophene rings is 1. The number of phenols is 1. The van der Waals surface area contributed by atoms with Crippen molar-refractivity contribution >= 4 is 44.8 Å². The minimum atomic E-state index is 0.294. The Balaban J connectivity index is 2.64. The zero-order valence-corrected chi connectivity index (χ0v) is 9.97. The van der Waals surface area contributed by atoms with Crippen molar-refractivity contribution in [3.63, 3.8) is 0 Å². The SMILES string of the molecule is CSc1cc2cc(CCl)c(O)cc2s1. The maximum absolute atomic E-state index is 9.61. The van der Waals surface area contributed by atoms with Crippen LogP contribution in [0.2, 0.25) is 0 Å². The first-order valence-corrected chi connectivity index (χ1v) is 6.67. The van der Waals surface area contributed by atoms with E-state index in [9.17, 15) is 5.11 Å². The van der Waals surface area contributed by atoms with Crippen molar-refractivity contribution in [3.05, 3.63) is 23.8 Å². The van der Waals surface area contributed by atoms with Crippen LogP contribution in [0, 0.1) is 0 Å². The minimum Gasteiger partial charge on any atom is -0.508 e. The normalized spacial score (nSPS) is 11.0. The topological polar surface area (TPSA) is 20.2 Å². The standard InChI is InChI=1S/C10H9ClOS2/c1-13-10-3-6-2-7(5-11)8(12)4-9(6)14-10/h2-4,12H,5H2,1H3. The number of alkyl halides is 1. The van der Waals surface area contributed by atoms with Crippen LogP contribution in [0.5, 0.6) is 5.75 Å². The molecule has 0 aliphatic rings. The Labute approximate surface area is 95.7 Å². The van der Waals surface area contributed by atoms with Gasteiger partial charge in [-0.3, -0.25) is 0 Å². The van der Waals surface area contributed by atoms with Crippen LogP contribution in [0.3, 0.4) is 0 Å². The number of rotatable bonds is 2. The number of aromatic hydroxyl groups is 1. The van der Waals surface area contributed by atoms with E-state index in [2.05, 4.69) is 6.07 Å².